The summed E-state index contributed by atoms with van der Waals surface area (Å²) < 4.78 is 5.50. The second-order valence-corrected chi connectivity index (χ2v) is 5.18. The molecule has 13 heavy (non-hydrogen) atoms. The van der Waals surface area contributed by atoms with Gasteiger partial charge in [-0.15, -0.1) is 0 Å². The normalized spacial score (nSPS) is 67.8. The van der Waals surface area contributed by atoms with Crippen LogP contribution in [0.3, 0.4) is 0 Å². The third-order valence-corrected chi connectivity index (χ3v) is 5.39. The van der Waals surface area contributed by atoms with E-state index in [0.29, 0.717) is 10.8 Å². The van der Waals surface area contributed by atoms with Crippen molar-refractivity contribution >= 4 is 5.97 Å². The number of hydrogen-bond acceptors (Lipinski definition) is 2. The number of esters is 1. The first-order valence-corrected chi connectivity index (χ1v) is 5.02. The molecule has 0 bridgehead atoms. The van der Waals surface area contributed by atoms with E-state index in [2.05, 4.69) is 13.5 Å². The summed E-state index contributed by atoms with van der Waals surface area (Å²) in [6, 6.07) is 0. The van der Waals surface area contributed by atoms with Crippen molar-refractivity contribution in [3.63, 3.8) is 0 Å². The fourth-order valence-corrected chi connectivity index (χ4v) is 4.97. The van der Waals surface area contributed by atoms with E-state index in [4.69, 9.17) is 4.74 Å². The van der Waals surface area contributed by atoms with E-state index in [1.54, 1.807) is 0 Å². The third-order valence-electron chi connectivity index (χ3n) is 5.39. The van der Waals surface area contributed by atoms with E-state index in [0.717, 1.165) is 11.8 Å². The van der Waals surface area contributed by atoms with Gasteiger partial charge < -0.3 is 4.74 Å². The summed E-state index contributed by atoms with van der Waals surface area (Å²) in [6.07, 6.45) is 3.92. The summed E-state index contributed by atoms with van der Waals surface area (Å²) in [4.78, 5) is 11.1. The summed E-state index contributed by atoms with van der Waals surface area (Å²) in [5.41, 5.74) is 0.862. The van der Waals surface area contributed by atoms with E-state index in [1.807, 2.05) is 0 Å². The van der Waals surface area contributed by atoms with Gasteiger partial charge in [-0.05, 0) is 18.8 Å². The predicted molar refractivity (Wildman–Crippen MR) is 45.8 cm³/mol. The van der Waals surface area contributed by atoms with Crippen LogP contribution >= 0.6 is 0 Å². The molecular formula is C11H12O2. The Morgan fingerprint density at radius 3 is 2.92 bits per heavy atom. The molecule has 4 fully saturated rings. The molecule has 0 aliphatic heterocycles. The minimum absolute atomic E-state index is 0.00813. The average Bonchev–Trinajstić information content (AvgIpc) is 2.99. The van der Waals surface area contributed by atoms with Crippen LogP contribution in [0.5, 0.6) is 0 Å². The quantitative estimate of drug-likeness (QED) is 0.471. The van der Waals surface area contributed by atoms with Crippen LogP contribution in [-0.4, -0.2) is 11.6 Å². The Labute approximate surface area is 77.0 Å². The van der Waals surface area contributed by atoms with Gasteiger partial charge in [0.15, 0.2) is 0 Å². The molecule has 5 unspecified atom stereocenters. The first-order valence-electron chi connectivity index (χ1n) is 5.02. The lowest BCUT2D eigenvalue weighted by atomic mass is 9.87. The van der Waals surface area contributed by atoms with Crippen LogP contribution in [0.4, 0.5) is 0 Å². The molecule has 0 N–H and O–H groups in total. The SMILES string of the molecule is C=CC(=O)OC12C3C4CCC1(C)C432. The van der Waals surface area contributed by atoms with Crippen molar-refractivity contribution in [1.82, 2.24) is 0 Å². The van der Waals surface area contributed by atoms with Crippen LogP contribution in [0.15, 0.2) is 12.7 Å². The maximum Gasteiger partial charge on any atom is 0.330 e. The van der Waals surface area contributed by atoms with Crippen LogP contribution < -0.4 is 0 Å². The lowest BCUT2D eigenvalue weighted by molar-refractivity contribution is -0.148. The Morgan fingerprint density at radius 1 is 1.69 bits per heavy atom. The fourth-order valence-electron chi connectivity index (χ4n) is 4.97. The molecule has 4 aliphatic rings. The van der Waals surface area contributed by atoms with E-state index < -0.39 is 0 Å². The molecule has 0 aromatic rings. The van der Waals surface area contributed by atoms with Crippen LogP contribution in [0.25, 0.3) is 0 Å². The first kappa shape index (κ1) is 6.63. The standard InChI is InChI=1S/C11H12O2/c1-3-7(12)13-11-8-6-4-5-9(11,2)10(6,8)11/h3,6,8H,1,4-5H2,2H3. The molecule has 0 amide bonds. The van der Waals surface area contributed by atoms with E-state index in [-0.39, 0.29) is 11.6 Å². The van der Waals surface area contributed by atoms with Gasteiger partial charge >= 0.3 is 5.97 Å². The molecule has 4 saturated carbocycles. The van der Waals surface area contributed by atoms with E-state index in [9.17, 15) is 4.79 Å². The van der Waals surface area contributed by atoms with Gasteiger partial charge in [-0.3, -0.25) is 0 Å². The predicted octanol–water partition coefficient (Wildman–Crippen LogP) is 1.51. The topological polar surface area (TPSA) is 26.3 Å². The van der Waals surface area contributed by atoms with E-state index >= 15 is 0 Å². The van der Waals surface area contributed by atoms with Crippen molar-refractivity contribution in [2.24, 2.45) is 22.7 Å². The van der Waals surface area contributed by atoms with Crippen molar-refractivity contribution < 1.29 is 9.53 Å². The molecule has 5 atom stereocenters. The van der Waals surface area contributed by atoms with Gasteiger partial charge in [-0.1, -0.05) is 13.5 Å². The molecule has 0 saturated heterocycles. The Morgan fingerprint density at radius 2 is 2.46 bits per heavy atom. The summed E-state index contributed by atoms with van der Waals surface area (Å²) >= 11 is 0. The van der Waals surface area contributed by atoms with Crippen LogP contribution in [-0.2, 0) is 9.53 Å². The Hall–Kier alpha value is -0.790. The molecule has 1 spiro atoms. The maximum atomic E-state index is 11.1. The molecular weight excluding hydrogens is 164 g/mol. The second kappa shape index (κ2) is 1.28. The van der Waals surface area contributed by atoms with Crippen LogP contribution in [0, 0.1) is 22.7 Å². The average molecular weight is 176 g/mol. The van der Waals surface area contributed by atoms with Gasteiger partial charge in [0.1, 0.15) is 5.60 Å². The Kier molecular flexibility index (Phi) is 0.653. The second-order valence-electron chi connectivity index (χ2n) is 5.18. The molecule has 68 valence electrons. The lowest BCUT2D eigenvalue weighted by Crippen LogP contribution is -2.29. The number of rotatable bonds is 2. The number of ether oxygens (including phenoxy) is 1. The summed E-state index contributed by atoms with van der Waals surface area (Å²) in [7, 11) is 0. The van der Waals surface area contributed by atoms with Crippen molar-refractivity contribution in [3.8, 4) is 0 Å². The van der Waals surface area contributed by atoms with Crippen LogP contribution in [0.1, 0.15) is 19.8 Å². The number of hydrogen-bond donors (Lipinski definition) is 0. The zero-order valence-electron chi connectivity index (χ0n) is 7.67. The Balaban J connectivity index is 1.67. The fraction of sp³-hybridized carbons (Fsp3) is 0.727. The highest BCUT2D eigenvalue weighted by atomic mass is 16.6. The van der Waals surface area contributed by atoms with Gasteiger partial charge in [-0.2, -0.15) is 0 Å². The largest absolute Gasteiger partial charge is 0.454 e. The molecule has 4 aliphatic carbocycles. The third kappa shape index (κ3) is 0.312. The lowest BCUT2D eigenvalue weighted by Gasteiger charge is -2.26. The number of carbonyl (C=O) groups is 1. The van der Waals surface area contributed by atoms with Crippen molar-refractivity contribution in [2.45, 2.75) is 25.4 Å². The molecule has 0 aromatic heterocycles. The van der Waals surface area contributed by atoms with Crippen molar-refractivity contribution in [3.05, 3.63) is 12.7 Å². The zero-order chi connectivity index (χ0) is 9.06. The number of fused-ring (bicyclic) bond motifs is 3. The van der Waals surface area contributed by atoms with Crippen molar-refractivity contribution in [2.75, 3.05) is 0 Å². The monoisotopic (exact) mass is 176 g/mol. The summed E-state index contributed by atoms with van der Waals surface area (Å²) in [6.45, 7) is 5.72. The highest BCUT2D eigenvalue weighted by Crippen LogP contribution is 3.16. The molecule has 2 nitrogen and oxygen atoms in total. The van der Waals surface area contributed by atoms with Gasteiger partial charge in [-0.25, -0.2) is 4.79 Å². The highest BCUT2D eigenvalue weighted by Gasteiger charge is 3.22. The van der Waals surface area contributed by atoms with Gasteiger partial charge in [0.25, 0.3) is 0 Å². The van der Waals surface area contributed by atoms with E-state index in [1.165, 1.54) is 18.9 Å². The summed E-state index contributed by atoms with van der Waals surface area (Å²) in [5, 5.41) is 0. The van der Waals surface area contributed by atoms with Gasteiger partial charge in [0.2, 0.25) is 0 Å². The van der Waals surface area contributed by atoms with Gasteiger partial charge in [0.05, 0.1) is 0 Å². The molecule has 0 aromatic carbocycles. The van der Waals surface area contributed by atoms with Crippen molar-refractivity contribution in [1.29, 1.82) is 0 Å². The molecule has 0 radical (unpaired) electrons. The molecule has 2 heteroatoms. The Bertz CT molecular complexity index is 368. The first-order chi connectivity index (χ1) is 6.17. The highest BCUT2D eigenvalue weighted by molar-refractivity contribution is 5.85. The van der Waals surface area contributed by atoms with Gasteiger partial charge in [0, 0.05) is 22.8 Å². The zero-order valence-corrected chi connectivity index (χ0v) is 7.67. The number of carbonyl (C=O) groups excluding carboxylic acids is 1. The van der Waals surface area contributed by atoms with Crippen LogP contribution in [0.2, 0.25) is 0 Å². The molecule has 0 heterocycles. The minimum atomic E-state index is -0.226. The molecule has 4 rings (SSSR count). The summed E-state index contributed by atoms with van der Waals surface area (Å²) in [5.74, 6) is 1.44. The smallest absolute Gasteiger partial charge is 0.330 e. The maximum absolute atomic E-state index is 11.1. The minimum Gasteiger partial charge on any atom is -0.454 e.